The summed E-state index contributed by atoms with van der Waals surface area (Å²) >= 11 is 0. The predicted octanol–water partition coefficient (Wildman–Crippen LogP) is 3.91. The van der Waals surface area contributed by atoms with Gasteiger partial charge in [0.1, 0.15) is 11.5 Å². The number of rotatable bonds is 3. The summed E-state index contributed by atoms with van der Waals surface area (Å²) in [6.45, 7) is 2.90. The van der Waals surface area contributed by atoms with Crippen molar-refractivity contribution in [1.82, 2.24) is 0 Å². The highest BCUT2D eigenvalue weighted by molar-refractivity contribution is 5.53. The summed E-state index contributed by atoms with van der Waals surface area (Å²) in [4.78, 5) is 0. The van der Waals surface area contributed by atoms with Crippen molar-refractivity contribution < 1.29 is 4.74 Å². The average molecular weight is 253 g/mol. The Bertz CT molecular complexity index is 529. The van der Waals surface area contributed by atoms with Crippen molar-refractivity contribution in [3.05, 3.63) is 59.7 Å². The second-order valence-electron chi connectivity index (χ2n) is 5.06. The van der Waals surface area contributed by atoms with Gasteiger partial charge in [-0.2, -0.15) is 0 Å². The normalized spacial score (nSPS) is 15.3. The maximum Gasteiger partial charge on any atom is 0.131 e. The Morgan fingerprint density at radius 3 is 2.00 bits per heavy atom. The van der Waals surface area contributed by atoms with Crippen molar-refractivity contribution >= 4 is 0 Å². The fourth-order valence-corrected chi connectivity index (χ4v) is 2.99. The number of fused-ring (bicyclic) bond motifs is 2. The van der Waals surface area contributed by atoms with E-state index in [1.807, 2.05) is 24.3 Å². The lowest BCUT2D eigenvalue weighted by molar-refractivity contribution is 0.392. The molecular formula is C17H19NO. The summed E-state index contributed by atoms with van der Waals surface area (Å²) < 4.78 is 6.01. The van der Waals surface area contributed by atoms with E-state index < -0.39 is 0 Å². The van der Waals surface area contributed by atoms with Crippen LogP contribution in [0.3, 0.4) is 0 Å². The number of nitrogens with two attached hydrogens (primary N) is 1. The Morgan fingerprint density at radius 1 is 1.00 bits per heavy atom. The van der Waals surface area contributed by atoms with E-state index in [1.54, 1.807) is 0 Å². The molecule has 2 aromatic carbocycles. The van der Waals surface area contributed by atoms with E-state index in [0.29, 0.717) is 18.4 Å². The Kier molecular flexibility index (Phi) is 3.26. The largest absolute Gasteiger partial charge is 0.457 e. The smallest absolute Gasteiger partial charge is 0.131 e. The Hall–Kier alpha value is -1.80. The lowest BCUT2D eigenvalue weighted by atomic mass is 9.77. The van der Waals surface area contributed by atoms with Gasteiger partial charge in [-0.3, -0.25) is 0 Å². The Balaban J connectivity index is 2.16. The van der Waals surface area contributed by atoms with Gasteiger partial charge in [0.25, 0.3) is 0 Å². The van der Waals surface area contributed by atoms with Crippen molar-refractivity contribution in [3.8, 4) is 11.5 Å². The number of hydrogen-bond donors (Lipinski definition) is 1. The second kappa shape index (κ2) is 5.06. The second-order valence-corrected chi connectivity index (χ2v) is 5.06. The van der Waals surface area contributed by atoms with E-state index in [0.717, 1.165) is 17.9 Å². The van der Waals surface area contributed by atoms with E-state index in [9.17, 15) is 0 Å². The number of hydrogen-bond acceptors (Lipinski definition) is 2. The molecule has 0 amide bonds. The zero-order valence-electron chi connectivity index (χ0n) is 11.2. The maximum atomic E-state index is 6.01. The van der Waals surface area contributed by atoms with Crippen LogP contribution in [0.25, 0.3) is 0 Å². The first-order valence-corrected chi connectivity index (χ1v) is 6.91. The summed E-state index contributed by atoms with van der Waals surface area (Å²) in [5.74, 6) is 2.73. The van der Waals surface area contributed by atoms with E-state index in [2.05, 4.69) is 31.2 Å². The van der Waals surface area contributed by atoms with Gasteiger partial charge in [0, 0.05) is 17.0 Å². The van der Waals surface area contributed by atoms with Gasteiger partial charge in [-0.1, -0.05) is 49.7 Å². The molecule has 2 nitrogen and oxygen atoms in total. The molecule has 0 fully saturated rings. The van der Waals surface area contributed by atoms with E-state index in [-0.39, 0.29) is 0 Å². The van der Waals surface area contributed by atoms with Crippen molar-refractivity contribution in [1.29, 1.82) is 0 Å². The molecule has 1 aliphatic heterocycles. The molecule has 0 aromatic heterocycles. The highest BCUT2D eigenvalue weighted by atomic mass is 16.5. The summed E-state index contributed by atoms with van der Waals surface area (Å²) in [5, 5.41) is 0. The van der Waals surface area contributed by atoms with E-state index in [1.165, 1.54) is 11.1 Å². The summed E-state index contributed by atoms with van der Waals surface area (Å²) in [5.41, 5.74) is 8.51. The van der Waals surface area contributed by atoms with Gasteiger partial charge >= 0.3 is 0 Å². The van der Waals surface area contributed by atoms with Gasteiger partial charge in [-0.05, 0) is 24.6 Å². The maximum absolute atomic E-state index is 6.01. The molecular weight excluding hydrogens is 234 g/mol. The molecule has 3 rings (SSSR count). The van der Waals surface area contributed by atoms with Crippen LogP contribution < -0.4 is 10.5 Å². The summed E-state index contributed by atoms with van der Waals surface area (Å²) in [6.07, 6.45) is 1.07. The van der Waals surface area contributed by atoms with Crippen LogP contribution >= 0.6 is 0 Å². The first-order valence-electron chi connectivity index (χ1n) is 6.91. The quantitative estimate of drug-likeness (QED) is 0.900. The molecule has 0 aliphatic carbocycles. The molecule has 2 aromatic rings. The SMILES string of the molecule is CCC(CN)C1c2ccccc2Oc2ccccc21. The molecule has 19 heavy (non-hydrogen) atoms. The van der Waals surface area contributed by atoms with E-state index >= 15 is 0 Å². The van der Waals surface area contributed by atoms with Crippen LogP contribution in [0.15, 0.2) is 48.5 Å². The van der Waals surface area contributed by atoms with E-state index in [4.69, 9.17) is 10.5 Å². The predicted molar refractivity (Wildman–Crippen MR) is 77.6 cm³/mol. The molecule has 1 atom stereocenters. The third-order valence-corrected chi connectivity index (χ3v) is 4.03. The molecule has 98 valence electrons. The van der Waals surface area contributed by atoms with Gasteiger partial charge in [0.15, 0.2) is 0 Å². The molecule has 0 spiro atoms. The summed E-state index contributed by atoms with van der Waals surface area (Å²) in [6, 6.07) is 16.6. The number of ether oxygens (including phenoxy) is 1. The minimum Gasteiger partial charge on any atom is -0.457 e. The van der Waals surface area contributed by atoms with Gasteiger partial charge in [0.2, 0.25) is 0 Å². The third kappa shape index (κ3) is 2.02. The van der Waals surface area contributed by atoms with Crippen LogP contribution in [0, 0.1) is 5.92 Å². The van der Waals surface area contributed by atoms with Gasteiger partial charge < -0.3 is 10.5 Å². The van der Waals surface area contributed by atoms with Crippen LogP contribution in [-0.2, 0) is 0 Å². The van der Waals surface area contributed by atoms with Crippen molar-refractivity contribution in [2.45, 2.75) is 19.3 Å². The topological polar surface area (TPSA) is 35.2 Å². The molecule has 1 unspecified atom stereocenters. The van der Waals surface area contributed by atoms with Crippen LogP contribution in [0.2, 0.25) is 0 Å². The van der Waals surface area contributed by atoms with Crippen LogP contribution in [0.4, 0.5) is 0 Å². The minimum atomic E-state index is 0.344. The highest BCUT2D eigenvalue weighted by Crippen LogP contribution is 2.47. The number of para-hydroxylation sites is 2. The molecule has 2 N–H and O–H groups in total. The molecule has 0 saturated heterocycles. The zero-order valence-corrected chi connectivity index (χ0v) is 11.2. The summed E-state index contributed by atoms with van der Waals surface area (Å²) in [7, 11) is 0. The lowest BCUT2D eigenvalue weighted by Gasteiger charge is -2.33. The van der Waals surface area contributed by atoms with Crippen molar-refractivity contribution in [3.63, 3.8) is 0 Å². The Labute approximate surface area is 114 Å². The van der Waals surface area contributed by atoms with Crippen molar-refractivity contribution in [2.24, 2.45) is 11.7 Å². The van der Waals surface area contributed by atoms with Crippen LogP contribution in [0.5, 0.6) is 11.5 Å². The van der Waals surface area contributed by atoms with Gasteiger partial charge in [-0.15, -0.1) is 0 Å². The third-order valence-electron chi connectivity index (χ3n) is 4.03. The lowest BCUT2D eigenvalue weighted by Crippen LogP contribution is -2.24. The monoisotopic (exact) mass is 253 g/mol. The molecule has 2 heteroatoms. The molecule has 1 aliphatic rings. The van der Waals surface area contributed by atoms with Crippen LogP contribution in [0.1, 0.15) is 30.4 Å². The first kappa shape index (κ1) is 12.2. The van der Waals surface area contributed by atoms with Gasteiger partial charge in [-0.25, -0.2) is 0 Å². The fraction of sp³-hybridized carbons (Fsp3) is 0.294. The fourth-order valence-electron chi connectivity index (χ4n) is 2.99. The van der Waals surface area contributed by atoms with Crippen LogP contribution in [-0.4, -0.2) is 6.54 Å². The molecule has 0 saturated carbocycles. The highest BCUT2D eigenvalue weighted by Gasteiger charge is 2.31. The molecule has 0 radical (unpaired) electrons. The Morgan fingerprint density at radius 2 is 1.53 bits per heavy atom. The minimum absolute atomic E-state index is 0.344. The molecule has 1 heterocycles. The zero-order chi connectivity index (χ0) is 13.2. The standard InChI is InChI=1S/C17H19NO/c1-2-12(11-18)17-13-7-3-5-9-15(13)19-16-10-6-4-8-14(16)17/h3-10,12,17H,2,11,18H2,1H3. The average Bonchev–Trinajstić information content (AvgIpc) is 2.47. The van der Waals surface area contributed by atoms with Gasteiger partial charge in [0.05, 0.1) is 0 Å². The van der Waals surface area contributed by atoms with Crippen molar-refractivity contribution in [2.75, 3.05) is 6.54 Å². The first-order chi connectivity index (χ1) is 9.35. The molecule has 0 bridgehead atoms. The number of benzene rings is 2.